The highest BCUT2D eigenvalue weighted by Gasteiger charge is 2.08. The highest BCUT2D eigenvalue weighted by atomic mass is 16.5. The van der Waals surface area contributed by atoms with Gasteiger partial charge in [0.05, 0.1) is 12.2 Å². The summed E-state index contributed by atoms with van der Waals surface area (Å²) in [7, 11) is 0. The number of hydrogen-bond acceptors (Lipinski definition) is 4. The number of hydrogen-bond donors (Lipinski definition) is 1. The van der Waals surface area contributed by atoms with Gasteiger partial charge in [0.25, 0.3) is 0 Å². The lowest BCUT2D eigenvalue weighted by Crippen LogP contribution is -2.29. The molecule has 0 saturated carbocycles. The maximum atomic E-state index is 11.4. The van der Waals surface area contributed by atoms with Gasteiger partial charge in [0.1, 0.15) is 13.2 Å². The molecule has 1 amide bonds. The summed E-state index contributed by atoms with van der Waals surface area (Å²) in [5.41, 5.74) is 0.782. The first-order valence-electron chi connectivity index (χ1n) is 5.86. The molecule has 0 radical (unpaired) electrons. The highest BCUT2D eigenvalue weighted by molar-refractivity contribution is 5.82. The third-order valence-electron chi connectivity index (χ3n) is 2.31. The molecule has 1 aromatic rings. The monoisotopic (exact) mass is 250 g/mol. The average Bonchev–Trinajstić information content (AvgIpc) is 2.37. The van der Waals surface area contributed by atoms with E-state index in [0.717, 1.165) is 5.69 Å². The molecular weight excluding hydrogens is 232 g/mol. The lowest BCUT2D eigenvalue weighted by Gasteiger charge is -2.06. The normalized spacial score (nSPS) is 10.4. The van der Waals surface area contributed by atoms with Crippen LogP contribution in [0.25, 0.3) is 0 Å². The Labute approximate surface area is 107 Å². The molecule has 0 aliphatic rings. The van der Waals surface area contributed by atoms with Gasteiger partial charge in [-0.1, -0.05) is 19.9 Å². The van der Waals surface area contributed by atoms with E-state index in [2.05, 4.69) is 10.3 Å². The van der Waals surface area contributed by atoms with Crippen LogP contribution >= 0.6 is 0 Å². The van der Waals surface area contributed by atoms with Crippen LogP contribution < -0.4 is 5.32 Å². The van der Waals surface area contributed by atoms with E-state index >= 15 is 0 Å². The highest BCUT2D eigenvalue weighted by Crippen LogP contribution is 1.95. The standard InChI is InChI=1S/C13H18N2O3/c1-10(2)12(16)8-18-9-13(17)15-7-11-5-3-4-6-14-11/h3-6,10H,7-9H2,1-2H3,(H,15,17). The van der Waals surface area contributed by atoms with Gasteiger partial charge in [-0.2, -0.15) is 0 Å². The van der Waals surface area contributed by atoms with Crippen LogP contribution in [-0.4, -0.2) is 29.9 Å². The second-order valence-electron chi connectivity index (χ2n) is 4.21. The minimum Gasteiger partial charge on any atom is -0.364 e. The molecule has 1 heterocycles. The molecule has 0 aromatic carbocycles. The Kier molecular flexibility index (Phi) is 6.00. The van der Waals surface area contributed by atoms with E-state index < -0.39 is 0 Å². The quantitative estimate of drug-likeness (QED) is 0.782. The number of nitrogens with zero attached hydrogens (tertiary/aromatic N) is 1. The summed E-state index contributed by atoms with van der Waals surface area (Å²) in [4.78, 5) is 26.7. The molecule has 0 unspecified atom stereocenters. The Morgan fingerprint density at radius 1 is 1.33 bits per heavy atom. The van der Waals surface area contributed by atoms with Crippen LogP contribution in [0, 0.1) is 5.92 Å². The van der Waals surface area contributed by atoms with Gasteiger partial charge in [-0.15, -0.1) is 0 Å². The zero-order valence-electron chi connectivity index (χ0n) is 10.7. The average molecular weight is 250 g/mol. The van der Waals surface area contributed by atoms with Gasteiger partial charge >= 0.3 is 0 Å². The molecule has 5 nitrogen and oxygen atoms in total. The van der Waals surface area contributed by atoms with Crippen molar-refractivity contribution in [3.05, 3.63) is 30.1 Å². The topological polar surface area (TPSA) is 68.3 Å². The molecule has 1 rings (SSSR count). The summed E-state index contributed by atoms with van der Waals surface area (Å²) >= 11 is 0. The zero-order chi connectivity index (χ0) is 13.4. The van der Waals surface area contributed by atoms with Gasteiger partial charge in [0.2, 0.25) is 5.91 Å². The summed E-state index contributed by atoms with van der Waals surface area (Å²) in [5.74, 6) is -0.327. The summed E-state index contributed by atoms with van der Waals surface area (Å²) in [5, 5.41) is 2.66. The largest absolute Gasteiger partial charge is 0.364 e. The number of rotatable bonds is 7. The predicted molar refractivity (Wildman–Crippen MR) is 66.7 cm³/mol. The first kappa shape index (κ1) is 14.3. The van der Waals surface area contributed by atoms with Gasteiger partial charge in [0.15, 0.2) is 5.78 Å². The fraction of sp³-hybridized carbons (Fsp3) is 0.462. The summed E-state index contributed by atoms with van der Waals surface area (Å²) < 4.78 is 5.02. The molecule has 1 aromatic heterocycles. The molecule has 0 bridgehead atoms. The van der Waals surface area contributed by atoms with E-state index in [1.165, 1.54) is 0 Å². The predicted octanol–water partition coefficient (Wildman–Crippen LogP) is 0.939. The number of ether oxygens (including phenoxy) is 1. The number of amides is 1. The molecule has 0 atom stereocenters. The molecule has 0 saturated heterocycles. The van der Waals surface area contributed by atoms with Crippen LogP contribution in [-0.2, 0) is 20.9 Å². The summed E-state index contributed by atoms with van der Waals surface area (Å²) in [6.45, 7) is 3.83. The molecular formula is C13H18N2O3. The van der Waals surface area contributed by atoms with Gasteiger partial charge in [-0.3, -0.25) is 14.6 Å². The Morgan fingerprint density at radius 2 is 2.11 bits per heavy atom. The molecule has 18 heavy (non-hydrogen) atoms. The first-order valence-corrected chi connectivity index (χ1v) is 5.86. The van der Waals surface area contributed by atoms with Crippen molar-refractivity contribution in [2.75, 3.05) is 13.2 Å². The fourth-order valence-electron chi connectivity index (χ4n) is 1.15. The minimum absolute atomic E-state index is 0.00692. The number of Topliss-reactive ketones (excluding diaryl/α,β-unsaturated/α-hetero) is 1. The van der Waals surface area contributed by atoms with E-state index in [9.17, 15) is 9.59 Å². The van der Waals surface area contributed by atoms with E-state index in [1.807, 2.05) is 18.2 Å². The lowest BCUT2D eigenvalue weighted by atomic mass is 10.1. The molecule has 0 aliphatic heterocycles. The number of carbonyl (C=O) groups is 2. The molecule has 98 valence electrons. The van der Waals surface area contributed by atoms with Crippen molar-refractivity contribution in [2.45, 2.75) is 20.4 Å². The van der Waals surface area contributed by atoms with Crippen LogP contribution in [0.3, 0.4) is 0 Å². The van der Waals surface area contributed by atoms with Gasteiger partial charge in [-0.25, -0.2) is 0 Å². The second-order valence-corrected chi connectivity index (χ2v) is 4.21. The van der Waals surface area contributed by atoms with Crippen molar-refractivity contribution in [3.63, 3.8) is 0 Å². The first-order chi connectivity index (χ1) is 8.59. The van der Waals surface area contributed by atoms with Crippen molar-refractivity contribution in [1.82, 2.24) is 10.3 Å². The van der Waals surface area contributed by atoms with Crippen molar-refractivity contribution >= 4 is 11.7 Å². The fourth-order valence-corrected chi connectivity index (χ4v) is 1.15. The van der Waals surface area contributed by atoms with Crippen LogP contribution in [0.4, 0.5) is 0 Å². The van der Waals surface area contributed by atoms with Gasteiger partial charge in [0, 0.05) is 12.1 Å². The Morgan fingerprint density at radius 3 is 2.72 bits per heavy atom. The SMILES string of the molecule is CC(C)C(=O)COCC(=O)NCc1ccccn1. The van der Waals surface area contributed by atoms with Crippen molar-refractivity contribution in [1.29, 1.82) is 0 Å². The van der Waals surface area contributed by atoms with Crippen LogP contribution in [0.1, 0.15) is 19.5 Å². The minimum atomic E-state index is -0.253. The van der Waals surface area contributed by atoms with Gasteiger partial charge < -0.3 is 10.1 Å². The third kappa shape index (κ3) is 5.54. The van der Waals surface area contributed by atoms with E-state index in [4.69, 9.17) is 4.74 Å². The molecule has 0 spiro atoms. The number of nitrogens with one attached hydrogen (secondary N) is 1. The van der Waals surface area contributed by atoms with E-state index in [1.54, 1.807) is 20.0 Å². The maximum absolute atomic E-state index is 11.4. The third-order valence-corrected chi connectivity index (χ3v) is 2.31. The van der Waals surface area contributed by atoms with Crippen molar-refractivity contribution in [3.8, 4) is 0 Å². The van der Waals surface area contributed by atoms with E-state index in [0.29, 0.717) is 6.54 Å². The Bertz CT molecular complexity index is 390. The lowest BCUT2D eigenvalue weighted by molar-refractivity contribution is -0.131. The molecule has 1 N–H and O–H groups in total. The molecule has 0 fully saturated rings. The number of ketones is 1. The molecule has 0 aliphatic carbocycles. The van der Waals surface area contributed by atoms with Crippen molar-refractivity contribution in [2.24, 2.45) is 5.92 Å². The maximum Gasteiger partial charge on any atom is 0.246 e. The van der Waals surface area contributed by atoms with Gasteiger partial charge in [-0.05, 0) is 12.1 Å². The van der Waals surface area contributed by atoms with Crippen LogP contribution in [0.5, 0.6) is 0 Å². The number of aromatic nitrogens is 1. The number of pyridine rings is 1. The smallest absolute Gasteiger partial charge is 0.246 e. The Hall–Kier alpha value is -1.75. The van der Waals surface area contributed by atoms with E-state index in [-0.39, 0.29) is 30.8 Å². The van der Waals surface area contributed by atoms with Crippen LogP contribution in [0.15, 0.2) is 24.4 Å². The second kappa shape index (κ2) is 7.55. The summed E-state index contributed by atoms with van der Waals surface area (Å²) in [6.07, 6.45) is 1.67. The Balaban J connectivity index is 2.17. The van der Waals surface area contributed by atoms with Crippen molar-refractivity contribution < 1.29 is 14.3 Å². The molecule has 5 heteroatoms. The number of carbonyl (C=O) groups excluding carboxylic acids is 2. The zero-order valence-corrected chi connectivity index (χ0v) is 10.7. The van der Waals surface area contributed by atoms with Crippen LogP contribution in [0.2, 0.25) is 0 Å². The summed E-state index contributed by atoms with van der Waals surface area (Å²) in [6, 6.07) is 5.49.